The third-order valence-corrected chi connectivity index (χ3v) is 2.48. The summed E-state index contributed by atoms with van der Waals surface area (Å²) in [7, 11) is 0. The van der Waals surface area contributed by atoms with Crippen molar-refractivity contribution in [2.24, 2.45) is 0 Å². The highest BCUT2D eigenvalue weighted by molar-refractivity contribution is 8.00. The first-order valence-corrected chi connectivity index (χ1v) is 4.72. The number of anilines is 1. The molecule has 0 fully saturated rings. The van der Waals surface area contributed by atoms with E-state index in [0.29, 0.717) is 5.82 Å². The third kappa shape index (κ3) is 3.20. The molecule has 0 aliphatic rings. The highest BCUT2D eigenvalue weighted by atomic mass is 32.2. The molecule has 1 heterocycles. The molecule has 5 heteroatoms. The Labute approximate surface area is 81.6 Å². The summed E-state index contributed by atoms with van der Waals surface area (Å²) in [4.78, 5) is 7.99. The summed E-state index contributed by atoms with van der Waals surface area (Å²) in [6.45, 7) is 3.96. The Hall–Kier alpha value is -0.810. The normalized spacial score (nSPS) is 11.6. The van der Waals surface area contributed by atoms with Gasteiger partial charge in [0.05, 0.1) is 19.0 Å². The number of thioether (sulfide) groups is 1. The predicted molar refractivity (Wildman–Crippen MR) is 53.5 cm³/mol. The summed E-state index contributed by atoms with van der Waals surface area (Å²) in [5.74, 6) is 0.402. The zero-order valence-electron chi connectivity index (χ0n) is 7.69. The topological polar surface area (TPSA) is 72.0 Å². The number of nitrogens with two attached hydrogens (primary N) is 1. The Morgan fingerprint density at radius 2 is 2.23 bits per heavy atom. The van der Waals surface area contributed by atoms with Gasteiger partial charge in [-0.15, -0.1) is 0 Å². The predicted octanol–water partition coefficient (Wildman–Crippen LogP) is 0.922. The zero-order valence-corrected chi connectivity index (χ0v) is 8.51. The number of hydrogen-bond acceptors (Lipinski definition) is 5. The Morgan fingerprint density at radius 1 is 1.54 bits per heavy atom. The van der Waals surface area contributed by atoms with E-state index in [1.54, 1.807) is 6.20 Å². The molecule has 13 heavy (non-hydrogen) atoms. The molecule has 0 saturated carbocycles. The number of nitrogens with zero attached hydrogens (tertiary/aromatic N) is 2. The van der Waals surface area contributed by atoms with E-state index in [9.17, 15) is 0 Å². The SMILES string of the molecule is CC(C)(CO)Sc1cncc(N)n1. The molecule has 0 aliphatic heterocycles. The summed E-state index contributed by atoms with van der Waals surface area (Å²) < 4.78 is -0.248. The average molecular weight is 199 g/mol. The molecule has 0 bridgehead atoms. The Morgan fingerprint density at radius 3 is 2.77 bits per heavy atom. The first-order chi connectivity index (χ1) is 6.03. The number of nitrogen functional groups attached to an aromatic ring is 1. The molecule has 0 aromatic carbocycles. The fraction of sp³-hybridized carbons (Fsp3) is 0.500. The molecule has 0 aliphatic carbocycles. The van der Waals surface area contributed by atoms with Gasteiger partial charge >= 0.3 is 0 Å². The highest BCUT2D eigenvalue weighted by Crippen LogP contribution is 2.30. The van der Waals surface area contributed by atoms with E-state index in [1.807, 2.05) is 13.8 Å². The van der Waals surface area contributed by atoms with Crippen molar-refractivity contribution in [2.45, 2.75) is 23.6 Å². The molecule has 4 nitrogen and oxygen atoms in total. The van der Waals surface area contributed by atoms with Crippen LogP contribution in [-0.4, -0.2) is 26.4 Å². The lowest BCUT2D eigenvalue weighted by Crippen LogP contribution is -2.20. The summed E-state index contributed by atoms with van der Waals surface area (Å²) in [6, 6.07) is 0. The quantitative estimate of drug-likeness (QED) is 0.708. The van der Waals surface area contributed by atoms with E-state index in [4.69, 9.17) is 10.8 Å². The molecule has 0 spiro atoms. The average Bonchev–Trinajstić information content (AvgIpc) is 2.03. The molecular weight excluding hydrogens is 186 g/mol. The largest absolute Gasteiger partial charge is 0.395 e. The lowest BCUT2D eigenvalue weighted by Gasteiger charge is -2.19. The number of aromatic nitrogens is 2. The van der Waals surface area contributed by atoms with Crippen molar-refractivity contribution in [3.63, 3.8) is 0 Å². The fourth-order valence-corrected chi connectivity index (χ4v) is 1.62. The summed E-state index contributed by atoms with van der Waals surface area (Å²) >= 11 is 1.46. The second kappa shape index (κ2) is 3.93. The molecule has 1 rings (SSSR count). The number of aliphatic hydroxyl groups excluding tert-OH is 1. The smallest absolute Gasteiger partial charge is 0.143 e. The number of aliphatic hydroxyl groups is 1. The Kier molecular flexibility index (Phi) is 3.11. The minimum atomic E-state index is -0.248. The van der Waals surface area contributed by atoms with Gasteiger partial charge in [-0.3, -0.25) is 4.98 Å². The van der Waals surface area contributed by atoms with E-state index < -0.39 is 0 Å². The Bertz CT molecular complexity index is 290. The van der Waals surface area contributed by atoms with Crippen LogP contribution in [0.15, 0.2) is 17.4 Å². The van der Waals surface area contributed by atoms with E-state index >= 15 is 0 Å². The van der Waals surface area contributed by atoms with E-state index in [1.165, 1.54) is 18.0 Å². The molecule has 1 aromatic heterocycles. The van der Waals surface area contributed by atoms with Crippen molar-refractivity contribution in [1.29, 1.82) is 0 Å². The standard InChI is InChI=1S/C8H13N3OS/c1-8(2,5-12)13-7-4-10-3-6(9)11-7/h3-4,12H,5H2,1-2H3,(H2,9,11). The molecular formula is C8H13N3OS. The maximum atomic E-state index is 9.02. The van der Waals surface area contributed by atoms with Crippen LogP contribution < -0.4 is 5.73 Å². The molecule has 3 N–H and O–H groups in total. The van der Waals surface area contributed by atoms with Gasteiger partial charge in [-0.25, -0.2) is 4.98 Å². The Balaban J connectivity index is 2.74. The minimum Gasteiger partial charge on any atom is -0.395 e. The van der Waals surface area contributed by atoms with Crippen LogP contribution in [0.25, 0.3) is 0 Å². The molecule has 0 saturated heterocycles. The summed E-state index contributed by atoms with van der Waals surface area (Å²) in [5, 5.41) is 9.76. The lowest BCUT2D eigenvalue weighted by molar-refractivity contribution is 0.265. The maximum Gasteiger partial charge on any atom is 0.143 e. The van der Waals surface area contributed by atoms with Gasteiger partial charge in [-0.05, 0) is 13.8 Å². The second-order valence-electron chi connectivity index (χ2n) is 3.30. The van der Waals surface area contributed by atoms with Crippen LogP contribution in [0.5, 0.6) is 0 Å². The van der Waals surface area contributed by atoms with Gasteiger partial charge in [0.25, 0.3) is 0 Å². The van der Waals surface area contributed by atoms with Gasteiger partial charge in [0.15, 0.2) is 0 Å². The van der Waals surface area contributed by atoms with Crippen molar-refractivity contribution < 1.29 is 5.11 Å². The van der Waals surface area contributed by atoms with Crippen molar-refractivity contribution in [2.75, 3.05) is 12.3 Å². The lowest BCUT2D eigenvalue weighted by atomic mass is 10.2. The van der Waals surface area contributed by atoms with Gasteiger partial charge in [0.2, 0.25) is 0 Å². The molecule has 72 valence electrons. The van der Waals surface area contributed by atoms with Crippen LogP contribution in [0, 0.1) is 0 Å². The molecule has 0 atom stereocenters. The van der Waals surface area contributed by atoms with Crippen molar-refractivity contribution in [3.05, 3.63) is 12.4 Å². The van der Waals surface area contributed by atoms with E-state index in [2.05, 4.69) is 9.97 Å². The minimum absolute atomic E-state index is 0.0914. The van der Waals surface area contributed by atoms with E-state index in [0.717, 1.165) is 5.03 Å². The van der Waals surface area contributed by atoms with Gasteiger partial charge in [0, 0.05) is 4.75 Å². The van der Waals surface area contributed by atoms with Crippen molar-refractivity contribution in [1.82, 2.24) is 9.97 Å². The second-order valence-corrected chi connectivity index (χ2v) is 5.03. The molecule has 0 radical (unpaired) electrons. The number of rotatable bonds is 3. The first-order valence-electron chi connectivity index (χ1n) is 3.91. The molecule has 0 amide bonds. The van der Waals surface area contributed by atoms with Crippen molar-refractivity contribution in [3.8, 4) is 0 Å². The summed E-state index contributed by atoms with van der Waals surface area (Å²) in [5.41, 5.74) is 5.47. The van der Waals surface area contributed by atoms with Crippen molar-refractivity contribution >= 4 is 17.6 Å². The fourth-order valence-electron chi connectivity index (χ4n) is 0.727. The molecule has 0 unspecified atom stereocenters. The zero-order chi connectivity index (χ0) is 9.90. The monoisotopic (exact) mass is 199 g/mol. The van der Waals surface area contributed by atoms with Gasteiger partial charge in [-0.2, -0.15) is 0 Å². The number of hydrogen-bond donors (Lipinski definition) is 2. The van der Waals surface area contributed by atoms with Gasteiger partial charge in [0.1, 0.15) is 10.8 Å². The van der Waals surface area contributed by atoms with Crippen LogP contribution in [-0.2, 0) is 0 Å². The van der Waals surface area contributed by atoms with Crippen LogP contribution >= 0.6 is 11.8 Å². The molecule has 1 aromatic rings. The highest BCUT2D eigenvalue weighted by Gasteiger charge is 2.18. The first kappa shape index (κ1) is 10.3. The van der Waals surface area contributed by atoms with Gasteiger partial charge in [-0.1, -0.05) is 11.8 Å². The van der Waals surface area contributed by atoms with Crippen LogP contribution in [0.1, 0.15) is 13.8 Å². The van der Waals surface area contributed by atoms with Crippen LogP contribution in [0.3, 0.4) is 0 Å². The van der Waals surface area contributed by atoms with Crippen LogP contribution in [0.2, 0.25) is 0 Å². The third-order valence-electron chi connectivity index (χ3n) is 1.39. The van der Waals surface area contributed by atoms with Crippen LogP contribution in [0.4, 0.5) is 5.82 Å². The summed E-state index contributed by atoms with van der Waals surface area (Å²) in [6.07, 6.45) is 3.13. The van der Waals surface area contributed by atoms with E-state index in [-0.39, 0.29) is 11.4 Å². The maximum absolute atomic E-state index is 9.02. The van der Waals surface area contributed by atoms with Gasteiger partial charge < -0.3 is 10.8 Å².